The van der Waals surface area contributed by atoms with Crippen molar-refractivity contribution >= 4 is 27.4 Å². The largest absolute Gasteiger partial charge is 0.478 e. The van der Waals surface area contributed by atoms with Gasteiger partial charge in [0.15, 0.2) is 0 Å². The third-order valence-corrected chi connectivity index (χ3v) is 8.25. The zero-order chi connectivity index (χ0) is 24.1. The van der Waals surface area contributed by atoms with Crippen LogP contribution in [0.2, 0.25) is 0 Å². The first-order chi connectivity index (χ1) is 16.3. The van der Waals surface area contributed by atoms with Crippen LogP contribution in [0.1, 0.15) is 48.9 Å². The maximum absolute atomic E-state index is 13.3. The van der Waals surface area contributed by atoms with Gasteiger partial charge < -0.3 is 14.9 Å². The smallest absolute Gasteiger partial charge is 0.335 e. The van der Waals surface area contributed by atoms with E-state index >= 15 is 0 Å². The first-order valence-electron chi connectivity index (χ1n) is 11.9. The molecule has 0 amide bonds. The highest BCUT2D eigenvalue weighted by atomic mass is 32.2. The Morgan fingerprint density at radius 3 is 2.32 bits per heavy atom. The molecule has 2 aromatic carbocycles. The molecule has 2 aliphatic heterocycles. The van der Waals surface area contributed by atoms with Gasteiger partial charge in [-0.05, 0) is 100 Å². The number of benzene rings is 2. The van der Waals surface area contributed by atoms with E-state index in [1.54, 1.807) is 6.07 Å². The number of piperidine rings is 2. The number of carbonyl (C=O) groups is 1. The lowest BCUT2D eigenvalue weighted by Crippen LogP contribution is -2.36. The molecule has 0 spiro atoms. The fourth-order valence-corrected chi connectivity index (χ4v) is 5.92. The highest BCUT2D eigenvalue weighted by Gasteiger charge is 2.25. The summed E-state index contributed by atoms with van der Waals surface area (Å²) in [7, 11) is -4.01. The molecule has 9 heteroatoms. The number of hydrogen-bond acceptors (Lipinski definition) is 5. The lowest BCUT2D eigenvalue weighted by molar-refractivity contribution is 0.0697. The maximum atomic E-state index is 13.3. The van der Waals surface area contributed by atoms with Crippen LogP contribution in [-0.2, 0) is 10.0 Å². The third-order valence-electron chi connectivity index (χ3n) is 6.87. The molecule has 2 saturated heterocycles. The molecule has 0 saturated carbocycles. The molecular formula is C25H32FN3O4S. The Balaban J connectivity index is 1.46. The highest BCUT2D eigenvalue weighted by molar-refractivity contribution is 7.92. The molecule has 184 valence electrons. The fourth-order valence-electron chi connectivity index (χ4n) is 4.85. The number of nitrogens with zero attached hydrogens (tertiary/aromatic N) is 2. The summed E-state index contributed by atoms with van der Waals surface area (Å²) < 4.78 is 41.6. The van der Waals surface area contributed by atoms with Gasteiger partial charge in [-0.25, -0.2) is 17.6 Å². The summed E-state index contributed by atoms with van der Waals surface area (Å²) in [6.45, 7) is 5.10. The van der Waals surface area contributed by atoms with E-state index in [4.69, 9.17) is 0 Å². The fraction of sp³-hybridized carbons (Fsp3) is 0.480. The molecule has 7 nitrogen and oxygen atoms in total. The number of aromatic carboxylic acids is 1. The Morgan fingerprint density at radius 2 is 1.68 bits per heavy atom. The van der Waals surface area contributed by atoms with Gasteiger partial charge in [-0.3, -0.25) is 4.72 Å². The van der Waals surface area contributed by atoms with Gasteiger partial charge in [0, 0.05) is 13.1 Å². The standard InChI is InChI=1S/C25H32FN3O4S/c26-21-5-7-22(8-6-21)34(32,33)27-23-18-20(25(30)31)4-9-24(23)29-16-11-19(12-17-29)10-15-28-13-2-1-3-14-28/h4-9,18-19,27H,1-3,10-17H2,(H,30,31). The summed E-state index contributed by atoms with van der Waals surface area (Å²) in [6, 6.07) is 9.05. The van der Waals surface area contributed by atoms with Crippen LogP contribution >= 0.6 is 0 Å². The van der Waals surface area contributed by atoms with Crippen molar-refractivity contribution in [3.8, 4) is 0 Å². The van der Waals surface area contributed by atoms with Crippen LogP contribution in [0.3, 0.4) is 0 Å². The molecule has 4 rings (SSSR count). The van der Waals surface area contributed by atoms with Gasteiger partial charge in [0.25, 0.3) is 10.0 Å². The molecule has 0 unspecified atom stereocenters. The van der Waals surface area contributed by atoms with Crippen LogP contribution < -0.4 is 9.62 Å². The Bertz CT molecular complexity index is 1090. The van der Waals surface area contributed by atoms with Crippen LogP contribution in [0.15, 0.2) is 47.4 Å². The minimum atomic E-state index is -4.01. The van der Waals surface area contributed by atoms with Gasteiger partial charge in [0.1, 0.15) is 5.82 Å². The monoisotopic (exact) mass is 489 g/mol. The number of nitrogens with one attached hydrogen (secondary N) is 1. The summed E-state index contributed by atoms with van der Waals surface area (Å²) in [6.07, 6.45) is 7.12. The topological polar surface area (TPSA) is 89.9 Å². The number of carboxylic acids is 1. The van der Waals surface area contributed by atoms with Gasteiger partial charge in [0.05, 0.1) is 21.8 Å². The molecule has 2 N–H and O–H groups in total. The summed E-state index contributed by atoms with van der Waals surface area (Å²) in [5, 5.41) is 9.42. The average molecular weight is 490 g/mol. The van der Waals surface area contributed by atoms with Crippen molar-refractivity contribution in [2.24, 2.45) is 5.92 Å². The molecule has 0 radical (unpaired) electrons. The lowest BCUT2D eigenvalue weighted by atomic mass is 9.92. The van der Waals surface area contributed by atoms with Crippen molar-refractivity contribution in [1.82, 2.24) is 4.90 Å². The molecule has 0 bridgehead atoms. The molecule has 0 aromatic heterocycles. The summed E-state index contributed by atoms with van der Waals surface area (Å²) >= 11 is 0. The van der Waals surface area contributed by atoms with E-state index in [9.17, 15) is 22.7 Å². The van der Waals surface area contributed by atoms with E-state index in [0.717, 1.165) is 44.6 Å². The summed E-state index contributed by atoms with van der Waals surface area (Å²) in [4.78, 5) is 16.1. The quantitative estimate of drug-likeness (QED) is 0.571. The zero-order valence-electron chi connectivity index (χ0n) is 19.2. The second-order valence-electron chi connectivity index (χ2n) is 9.22. The molecule has 0 aliphatic carbocycles. The number of likely N-dealkylation sites (tertiary alicyclic amines) is 1. The van der Waals surface area contributed by atoms with Crippen molar-refractivity contribution < 1.29 is 22.7 Å². The van der Waals surface area contributed by atoms with Gasteiger partial charge >= 0.3 is 5.97 Å². The minimum Gasteiger partial charge on any atom is -0.478 e. The maximum Gasteiger partial charge on any atom is 0.335 e. The first-order valence-corrected chi connectivity index (χ1v) is 13.4. The van der Waals surface area contributed by atoms with E-state index in [-0.39, 0.29) is 16.1 Å². The average Bonchev–Trinajstić information content (AvgIpc) is 2.84. The number of hydrogen-bond donors (Lipinski definition) is 2. The van der Waals surface area contributed by atoms with E-state index < -0.39 is 21.8 Å². The Labute approximate surface area is 200 Å². The number of sulfonamides is 1. The van der Waals surface area contributed by atoms with Crippen molar-refractivity contribution in [1.29, 1.82) is 0 Å². The number of carboxylic acid groups (broad SMARTS) is 1. The third kappa shape index (κ3) is 6.07. The van der Waals surface area contributed by atoms with Gasteiger partial charge in [-0.15, -0.1) is 0 Å². The number of halogens is 1. The predicted octanol–water partition coefficient (Wildman–Crippen LogP) is 4.42. The lowest BCUT2D eigenvalue weighted by Gasteiger charge is -2.36. The predicted molar refractivity (Wildman–Crippen MR) is 130 cm³/mol. The zero-order valence-corrected chi connectivity index (χ0v) is 20.1. The van der Waals surface area contributed by atoms with E-state index in [2.05, 4.69) is 14.5 Å². The number of anilines is 2. The van der Waals surface area contributed by atoms with E-state index in [1.165, 1.54) is 63.0 Å². The van der Waals surface area contributed by atoms with E-state index in [0.29, 0.717) is 11.6 Å². The SMILES string of the molecule is O=C(O)c1ccc(N2CCC(CCN3CCCCC3)CC2)c(NS(=O)(=O)c2ccc(F)cc2)c1. The molecular weight excluding hydrogens is 457 g/mol. The Morgan fingerprint density at radius 1 is 1.00 bits per heavy atom. The van der Waals surface area contributed by atoms with Crippen molar-refractivity contribution in [2.45, 2.75) is 43.4 Å². The van der Waals surface area contributed by atoms with Crippen LogP contribution in [0.25, 0.3) is 0 Å². The molecule has 2 fully saturated rings. The Kier molecular flexibility index (Phi) is 7.73. The van der Waals surface area contributed by atoms with E-state index in [1.807, 2.05) is 0 Å². The highest BCUT2D eigenvalue weighted by Crippen LogP contribution is 2.33. The Hall–Kier alpha value is -2.65. The summed E-state index contributed by atoms with van der Waals surface area (Å²) in [5.41, 5.74) is 0.873. The van der Waals surface area contributed by atoms with Crippen LogP contribution in [-0.4, -0.2) is 57.1 Å². The number of rotatable bonds is 8. The second-order valence-corrected chi connectivity index (χ2v) is 10.9. The van der Waals surface area contributed by atoms with Gasteiger partial charge in [0.2, 0.25) is 0 Å². The molecule has 34 heavy (non-hydrogen) atoms. The minimum absolute atomic E-state index is 0.00280. The molecule has 0 atom stereocenters. The van der Waals surface area contributed by atoms with Gasteiger partial charge in [-0.1, -0.05) is 6.42 Å². The van der Waals surface area contributed by atoms with Crippen molar-refractivity contribution in [2.75, 3.05) is 42.3 Å². The van der Waals surface area contributed by atoms with Crippen LogP contribution in [0, 0.1) is 11.7 Å². The molecule has 2 aromatic rings. The van der Waals surface area contributed by atoms with Crippen LogP contribution in [0.5, 0.6) is 0 Å². The molecule has 2 aliphatic rings. The van der Waals surface area contributed by atoms with Crippen LogP contribution in [0.4, 0.5) is 15.8 Å². The van der Waals surface area contributed by atoms with Gasteiger partial charge in [-0.2, -0.15) is 0 Å². The van der Waals surface area contributed by atoms with Crippen molar-refractivity contribution in [3.63, 3.8) is 0 Å². The normalized spacial score (nSPS) is 18.1. The summed E-state index contributed by atoms with van der Waals surface area (Å²) in [5.74, 6) is -1.03. The second kappa shape index (κ2) is 10.7. The van der Waals surface area contributed by atoms with Crippen molar-refractivity contribution in [3.05, 3.63) is 53.8 Å². The first kappa shape index (κ1) is 24.5. The molecule has 2 heterocycles.